The number of hydrogen-bond acceptors (Lipinski definition) is 2. The van der Waals surface area contributed by atoms with Crippen molar-refractivity contribution in [1.29, 1.82) is 0 Å². The molecule has 0 bridgehead atoms. The van der Waals surface area contributed by atoms with Gasteiger partial charge in [-0.3, -0.25) is 4.79 Å². The zero-order chi connectivity index (χ0) is 12.2. The Kier molecular flexibility index (Phi) is 4.01. The van der Waals surface area contributed by atoms with Crippen molar-refractivity contribution in [3.63, 3.8) is 0 Å². The van der Waals surface area contributed by atoms with Gasteiger partial charge in [-0.15, -0.1) is 0 Å². The second-order valence-electron chi connectivity index (χ2n) is 4.23. The van der Waals surface area contributed by atoms with Crippen LogP contribution in [-0.2, 0) is 11.2 Å². The van der Waals surface area contributed by atoms with Crippen LogP contribution in [0.15, 0.2) is 24.3 Å². The van der Waals surface area contributed by atoms with Gasteiger partial charge in [0.15, 0.2) is 0 Å². The molecule has 0 aliphatic rings. The van der Waals surface area contributed by atoms with Gasteiger partial charge in [0.25, 0.3) is 0 Å². The molecule has 0 spiro atoms. The van der Waals surface area contributed by atoms with E-state index in [0.29, 0.717) is 13.0 Å². The topological polar surface area (TPSA) is 49.3 Å². The van der Waals surface area contributed by atoms with E-state index in [0.717, 1.165) is 5.56 Å². The zero-order valence-electron chi connectivity index (χ0n) is 9.46. The molecule has 2 N–H and O–H groups in total. The highest BCUT2D eigenvalue weighted by Gasteiger charge is 2.25. The maximum absolute atomic E-state index is 12.6. The Morgan fingerprint density at radius 2 is 1.94 bits per heavy atom. The van der Waals surface area contributed by atoms with Crippen LogP contribution in [0.1, 0.15) is 19.4 Å². The lowest BCUT2D eigenvalue weighted by atomic mass is 10.1. The number of rotatable bonds is 5. The van der Waals surface area contributed by atoms with Gasteiger partial charge in [0.1, 0.15) is 11.4 Å². The smallest absolute Gasteiger partial charge is 0.323 e. The molecule has 1 rings (SSSR count). The summed E-state index contributed by atoms with van der Waals surface area (Å²) in [6.07, 6.45) is 0.678. The van der Waals surface area contributed by atoms with Crippen LogP contribution in [0, 0.1) is 5.82 Å². The Morgan fingerprint density at radius 3 is 2.44 bits per heavy atom. The summed E-state index contributed by atoms with van der Waals surface area (Å²) >= 11 is 0. The van der Waals surface area contributed by atoms with Gasteiger partial charge in [-0.1, -0.05) is 12.1 Å². The normalized spacial score (nSPS) is 11.4. The number of aliphatic carboxylic acids is 1. The standard InChI is InChI=1S/C12H16FNO2/c1-12(2,11(15)16)14-8-7-9-3-5-10(13)6-4-9/h3-6,14H,7-8H2,1-2H3,(H,15,16). The number of halogens is 1. The fraction of sp³-hybridized carbons (Fsp3) is 0.417. The zero-order valence-corrected chi connectivity index (χ0v) is 9.46. The Labute approximate surface area is 94.3 Å². The highest BCUT2D eigenvalue weighted by atomic mass is 19.1. The highest BCUT2D eigenvalue weighted by Crippen LogP contribution is 2.05. The van der Waals surface area contributed by atoms with Crippen molar-refractivity contribution in [3.05, 3.63) is 35.6 Å². The van der Waals surface area contributed by atoms with Gasteiger partial charge in [0.05, 0.1) is 0 Å². The fourth-order valence-corrected chi connectivity index (χ4v) is 1.25. The van der Waals surface area contributed by atoms with Crippen LogP contribution in [-0.4, -0.2) is 23.2 Å². The van der Waals surface area contributed by atoms with E-state index in [1.54, 1.807) is 26.0 Å². The average molecular weight is 225 g/mol. The number of hydrogen-bond donors (Lipinski definition) is 2. The Hall–Kier alpha value is -1.42. The number of carbonyl (C=O) groups is 1. The predicted molar refractivity (Wildman–Crippen MR) is 59.8 cm³/mol. The van der Waals surface area contributed by atoms with E-state index in [1.807, 2.05) is 0 Å². The van der Waals surface area contributed by atoms with Crippen LogP contribution in [0.4, 0.5) is 4.39 Å². The number of carboxylic acids is 1. The predicted octanol–water partition coefficient (Wildman–Crippen LogP) is 1.82. The summed E-state index contributed by atoms with van der Waals surface area (Å²) in [5.74, 6) is -1.14. The SMILES string of the molecule is CC(C)(NCCc1ccc(F)cc1)C(=O)O. The van der Waals surface area contributed by atoms with Gasteiger partial charge >= 0.3 is 5.97 Å². The Morgan fingerprint density at radius 1 is 1.38 bits per heavy atom. The van der Waals surface area contributed by atoms with Crippen LogP contribution in [0.5, 0.6) is 0 Å². The van der Waals surface area contributed by atoms with E-state index in [-0.39, 0.29) is 5.82 Å². The van der Waals surface area contributed by atoms with Gasteiger partial charge in [0.2, 0.25) is 0 Å². The minimum absolute atomic E-state index is 0.262. The average Bonchev–Trinajstić information content (AvgIpc) is 2.20. The lowest BCUT2D eigenvalue weighted by Gasteiger charge is -2.20. The second kappa shape index (κ2) is 5.07. The van der Waals surface area contributed by atoms with Gasteiger partial charge in [-0.05, 0) is 38.0 Å². The van der Waals surface area contributed by atoms with Crippen molar-refractivity contribution in [3.8, 4) is 0 Å². The van der Waals surface area contributed by atoms with Crippen molar-refractivity contribution >= 4 is 5.97 Å². The monoisotopic (exact) mass is 225 g/mol. The summed E-state index contributed by atoms with van der Waals surface area (Å²) in [4.78, 5) is 10.8. The molecular formula is C12H16FNO2. The first-order valence-corrected chi connectivity index (χ1v) is 5.15. The third-order valence-corrected chi connectivity index (χ3v) is 2.43. The van der Waals surface area contributed by atoms with E-state index < -0.39 is 11.5 Å². The van der Waals surface area contributed by atoms with Crippen molar-refractivity contribution in [1.82, 2.24) is 5.32 Å². The molecule has 0 saturated carbocycles. The molecule has 0 unspecified atom stereocenters. The molecule has 0 aliphatic heterocycles. The molecule has 0 saturated heterocycles. The molecule has 1 aromatic rings. The van der Waals surface area contributed by atoms with Gasteiger partial charge in [0, 0.05) is 6.54 Å². The lowest BCUT2D eigenvalue weighted by Crippen LogP contribution is -2.47. The second-order valence-corrected chi connectivity index (χ2v) is 4.23. The molecule has 4 heteroatoms. The maximum Gasteiger partial charge on any atom is 0.323 e. The van der Waals surface area contributed by atoms with Crippen LogP contribution in [0.2, 0.25) is 0 Å². The highest BCUT2D eigenvalue weighted by molar-refractivity contribution is 5.77. The quantitative estimate of drug-likeness (QED) is 0.803. The van der Waals surface area contributed by atoms with E-state index >= 15 is 0 Å². The summed E-state index contributed by atoms with van der Waals surface area (Å²) in [7, 11) is 0. The Bertz CT molecular complexity index is 360. The minimum Gasteiger partial charge on any atom is -0.480 e. The van der Waals surface area contributed by atoms with E-state index in [1.165, 1.54) is 12.1 Å². The molecule has 0 radical (unpaired) electrons. The molecule has 0 amide bonds. The Balaban J connectivity index is 2.41. The summed E-state index contributed by atoms with van der Waals surface area (Å²) in [5.41, 5.74) is 0.0510. The molecule has 0 fully saturated rings. The largest absolute Gasteiger partial charge is 0.480 e. The van der Waals surface area contributed by atoms with E-state index in [4.69, 9.17) is 5.11 Å². The summed E-state index contributed by atoms with van der Waals surface area (Å²) < 4.78 is 12.6. The summed E-state index contributed by atoms with van der Waals surface area (Å²) in [5, 5.41) is 11.8. The molecule has 1 aromatic carbocycles. The molecule has 88 valence electrons. The molecular weight excluding hydrogens is 209 g/mol. The van der Waals surface area contributed by atoms with Crippen molar-refractivity contribution in [2.75, 3.05) is 6.54 Å². The minimum atomic E-state index is -0.931. The van der Waals surface area contributed by atoms with E-state index in [2.05, 4.69) is 5.32 Å². The van der Waals surface area contributed by atoms with Crippen LogP contribution >= 0.6 is 0 Å². The molecule has 3 nitrogen and oxygen atoms in total. The van der Waals surface area contributed by atoms with Gasteiger partial charge < -0.3 is 10.4 Å². The third-order valence-electron chi connectivity index (χ3n) is 2.43. The summed E-state index contributed by atoms with van der Waals surface area (Å²) in [6.45, 7) is 3.77. The number of benzene rings is 1. The molecule has 0 atom stereocenters. The first-order chi connectivity index (χ1) is 7.42. The van der Waals surface area contributed by atoms with Gasteiger partial charge in [-0.25, -0.2) is 4.39 Å². The summed E-state index contributed by atoms with van der Waals surface area (Å²) in [6, 6.07) is 6.20. The van der Waals surface area contributed by atoms with Crippen molar-refractivity contribution in [2.24, 2.45) is 0 Å². The third kappa shape index (κ3) is 3.62. The van der Waals surface area contributed by atoms with E-state index in [9.17, 15) is 9.18 Å². The number of nitrogens with one attached hydrogen (secondary N) is 1. The van der Waals surface area contributed by atoms with Crippen LogP contribution in [0.3, 0.4) is 0 Å². The van der Waals surface area contributed by atoms with Crippen LogP contribution < -0.4 is 5.32 Å². The molecule has 16 heavy (non-hydrogen) atoms. The van der Waals surface area contributed by atoms with Crippen molar-refractivity contribution in [2.45, 2.75) is 25.8 Å². The lowest BCUT2D eigenvalue weighted by molar-refractivity contribution is -0.143. The molecule has 0 heterocycles. The maximum atomic E-state index is 12.6. The number of carboxylic acid groups (broad SMARTS) is 1. The van der Waals surface area contributed by atoms with Crippen LogP contribution in [0.25, 0.3) is 0 Å². The van der Waals surface area contributed by atoms with Gasteiger partial charge in [-0.2, -0.15) is 0 Å². The molecule has 0 aliphatic carbocycles. The van der Waals surface area contributed by atoms with Crippen molar-refractivity contribution < 1.29 is 14.3 Å². The molecule has 0 aromatic heterocycles. The first-order valence-electron chi connectivity index (χ1n) is 5.15. The fourth-order valence-electron chi connectivity index (χ4n) is 1.25. The first kappa shape index (κ1) is 12.6.